The van der Waals surface area contributed by atoms with E-state index >= 15 is 0 Å². The topological polar surface area (TPSA) is 37.4 Å². The monoisotopic (exact) mass is 327 g/mol. The Morgan fingerprint density at radius 2 is 1.32 bits per heavy atom. The van der Waals surface area contributed by atoms with Crippen molar-refractivity contribution < 1.29 is 35.9 Å². The van der Waals surface area contributed by atoms with Crippen molar-refractivity contribution in [1.82, 2.24) is 0 Å². The summed E-state index contributed by atoms with van der Waals surface area (Å²) in [5.41, 5.74) is -0.130. The number of imide groups is 1. The third-order valence-corrected chi connectivity index (χ3v) is 2.62. The fourth-order valence-electron chi connectivity index (χ4n) is 1.68. The number of hydrogen-bond donors (Lipinski definition) is 0. The first-order chi connectivity index (χ1) is 9.98. The van der Waals surface area contributed by atoms with Crippen molar-refractivity contribution in [2.24, 2.45) is 0 Å². The highest BCUT2D eigenvalue weighted by Crippen LogP contribution is 2.29. The third kappa shape index (κ3) is 4.22. The molecule has 0 saturated carbocycles. The molecule has 0 saturated heterocycles. The van der Waals surface area contributed by atoms with E-state index in [9.17, 15) is 35.9 Å². The van der Waals surface area contributed by atoms with Crippen LogP contribution in [-0.4, -0.2) is 24.2 Å². The molecule has 0 radical (unpaired) electrons. The van der Waals surface area contributed by atoms with E-state index in [2.05, 4.69) is 0 Å². The maximum Gasteiger partial charge on any atom is 0.472 e. The molecule has 0 heterocycles. The van der Waals surface area contributed by atoms with Gasteiger partial charge in [-0.3, -0.25) is 9.59 Å². The van der Waals surface area contributed by atoms with Gasteiger partial charge in [-0.05, 0) is 24.1 Å². The maximum atomic E-state index is 12.4. The Morgan fingerprint density at radius 1 is 0.909 bits per heavy atom. The summed E-state index contributed by atoms with van der Waals surface area (Å²) in [7, 11) is 0. The second kappa shape index (κ2) is 6.37. The van der Waals surface area contributed by atoms with Crippen molar-refractivity contribution in [3.63, 3.8) is 0 Å². The minimum Gasteiger partial charge on any atom is -0.263 e. The summed E-state index contributed by atoms with van der Waals surface area (Å²) in [6, 6.07) is 4.27. The van der Waals surface area contributed by atoms with Crippen molar-refractivity contribution in [1.29, 1.82) is 0 Å². The van der Waals surface area contributed by atoms with Crippen molar-refractivity contribution in [3.05, 3.63) is 29.8 Å². The minimum atomic E-state index is -5.61. The number of hydrogen-bond acceptors (Lipinski definition) is 2. The Kier molecular flexibility index (Phi) is 5.21. The van der Waals surface area contributed by atoms with Gasteiger partial charge in [0.1, 0.15) is 0 Å². The minimum absolute atomic E-state index is 0.556. The molecule has 1 aromatic carbocycles. The van der Waals surface area contributed by atoms with Gasteiger partial charge in [0, 0.05) is 0 Å². The summed E-state index contributed by atoms with van der Waals surface area (Å²) >= 11 is 0. The Bertz CT molecular complexity index is 521. The number of benzene rings is 1. The predicted molar refractivity (Wildman–Crippen MR) is 65.0 cm³/mol. The number of nitrogens with zero attached hydrogens (tertiary/aromatic N) is 1. The van der Waals surface area contributed by atoms with Gasteiger partial charge in [-0.15, -0.1) is 0 Å². The first-order valence-corrected chi connectivity index (χ1v) is 6.09. The van der Waals surface area contributed by atoms with E-state index in [0.717, 1.165) is 12.1 Å². The normalized spacial score (nSPS) is 12.1. The number of aryl methyl sites for hydroxylation is 1. The van der Waals surface area contributed by atoms with Crippen LogP contribution in [0.1, 0.15) is 18.9 Å². The van der Waals surface area contributed by atoms with Gasteiger partial charge < -0.3 is 0 Å². The van der Waals surface area contributed by atoms with Crippen LogP contribution in [0.4, 0.5) is 32.0 Å². The van der Waals surface area contributed by atoms with E-state index in [4.69, 9.17) is 0 Å². The summed E-state index contributed by atoms with van der Waals surface area (Å²) in [5, 5.41) is 0. The van der Waals surface area contributed by atoms with E-state index in [1.807, 2.05) is 6.92 Å². The van der Waals surface area contributed by atoms with E-state index in [1.165, 1.54) is 12.1 Å². The molecule has 0 fully saturated rings. The van der Waals surface area contributed by atoms with Gasteiger partial charge in [0.15, 0.2) is 0 Å². The van der Waals surface area contributed by atoms with E-state index < -0.39 is 34.8 Å². The fourth-order valence-corrected chi connectivity index (χ4v) is 1.68. The summed E-state index contributed by atoms with van der Waals surface area (Å²) in [5.74, 6) is -5.78. The molecule has 0 spiro atoms. The van der Waals surface area contributed by atoms with Crippen LogP contribution in [0.25, 0.3) is 0 Å². The summed E-state index contributed by atoms with van der Waals surface area (Å²) < 4.78 is 74.5. The number of amides is 2. The van der Waals surface area contributed by atoms with Gasteiger partial charge in [-0.25, -0.2) is 4.90 Å². The molecule has 1 rings (SSSR count). The Balaban J connectivity index is 3.26. The molecule has 0 unspecified atom stereocenters. The standard InChI is InChI=1S/C13H11F6NO2/c1-2-3-8-4-6-9(7-5-8)20(10(21)12(14,15)16)11(22)13(17,18)19/h4-7H,2-3H2,1H3. The lowest BCUT2D eigenvalue weighted by Crippen LogP contribution is -2.50. The lowest BCUT2D eigenvalue weighted by atomic mass is 10.1. The molecule has 0 aliphatic carbocycles. The van der Waals surface area contributed by atoms with Gasteiger partial charge in [-0.2, -0.15) is 26.3 Å². The Morgan fingerprint density at radius 3 is 1.64 bits per heavy atom. The molecule has 0 aliphatic rings. The van der Waals surface area contributed by atoms with Crippen LogP contribution in [0.15, 0.2) is 24.3 Å². The highest BCUT2D eigenvalue weighted by atomic mass is 19.4. The third-order valence-electron chi connectivity index (χ3n) is 2.62. The lowest BCUT2D eigenvalue weighted by Gasteiger charge is -2.23. The van der Waals surface area contributed by atoms with Crippen LogP contribution in [0, 0.1) is 0 Å². The molecule has 3 nitrogen and oxygen atoms in total. The molecule has 122 valence electrons. The van der Waals surface area contributed by atoms with Crippen LogP contribution >= 0.6 is 0 Å². The molecule has 0 aliphatic heterocycles. The quantitative estimate of drug-likeness (QED) is 0.795. The maximum absolute atomic E-state index is 12.4. The fraction of sp³-hybridized carbons (Fsp3) is 0.385. The summed E-state index contributed by atoms with van der Waals surface area (Å²) in [6.07, 6.45) is -9.95. The highest BCUT2D eigenvalue weighted by molar-refractivity contribution is 6.18. The zero-order chi connectivity index (χ0) is 17.1. The van der Waals surface area contributed by atoms with Crippen LogP contribution in [-0.2, 0) is 16.0 Å². The first-order valence-electron chi connectivity index (χ1n) is 6.09. The Hall–Kier alpha value is -2.06. The van der Waals surface area contributed by atoms with Crippen LogP contribution < -0.4 is 4.90 Å². The van der Waals surface area contributed by atoms with E-state index in [0.29, 0.717) is 18.4 Å². The second-order valence-corrected chi connectivity index (χ2v) is 4.36. The molecule has 0 atom stereocenters. The molecule has 1 aromatic rings. The lowest BCUT2D eigenvalue weighted by molar-refractivity contribution is -0.181. The molecular formula is C13H11F6NO2. The highest BCUT2D eigenvalue weighted by Gasteiger charge is 2.52. The molecular weight excluding hydrogens is 316 g/mol. The average molecular weight is 327 g/mol. The van der Waals surface area contributed by atoms with Crippen LogP contribution in [0.5, 0.6) is 0 Å². The molecule has 0 bridgehead atoms. The number of carbonyl (C=O) groups excluding carboxylic acids is 2. The van der Waals surface area contributed by atoms with Gasteiger partial charge in [0.2, 0.25) is 0 Å². The zero-order valence-corrected chi connectivity index (χ0v) is 11.3. The van der Waals surface area contributed by atoms with Crippen molar-refractivity contribution in [2.75, 3.05) is 4.90 Å². The SMILES string of the molecule is CCCc1ccc(N(C(=O)C(F)(F)F)C(=O)C(F)(F)F)cc1. The molecule has 0 N–H and O–H groups in total. The molecule has 9 heteroatoms. The number of alkyl halides is 6. The van der Waals surface area contributed by atoms with Gasteiger partial charge in [-0.1, -0.05) is 25.5 Å². The largest absolute Gasteiger partial charge is 0.472 e. The predicted octanol–water partition coefficient (Wildman–Crippen LogP) is 3.62. The Labute approximate surface area is 121 Å². The average Bonchev–Trinajstić information content (AvgIpc) is 2.39. The van der Waals surface area contributed by atoms with Crippen molar-refractivity contribution >= 4 is 17.5 Å². The van der Waals surface area contributed by atoms with Crippen molar-refractivity contribution in [3.8, 4) is 0 Å². The van der Waals surface area contributed by atoms with Crippen LogP contribution in [0.3, 0.4) is 0 Å². The number of carbonyl (C=O) groups is 2. The second-order valence-electron chi connectivity index (χ2n) is 4.36. The van der Waals surface area contributed by atoms with Crippen molar-refractivity contribution in [2.45, 2.75) is 32.1 Å². The number of anilines is 1. The van der Waals surface area contributed by atoms with Gasteiger partial charge in [0.25, 0.3) is 0 Å². The number of halogens is 6. The van der Waals surface area contributed by atoms with Crippen LogP contribution in [0.2, 0.25) is 0 Å². The molecule has 22 heavy (non-hydrogen) atoms. The zero-order valence-electron chi connectivity index (χ0n) is 11.3. The summed E-state index contributed by atoms with van der Waals surface area (Å²) in [6.45, 7) is 1.83. The molecule has 2 amide bonds. The van der Waals surface area contributed by atoms with Gasteiger partial charge in [0.05, 0.1) is 5.69 Å². The summed E-state index contributed by atoms with van der Waals surface area (Å²) in [4.78, 5) is 21.4. The van der Waals surface area contributed by atoms with Gasteiger partial charge >= 0.3 is 24.2 Å². The van der Waals surface area contributed by atoms with E-state index in [1.54, 1.807) is 0 Å². The first kappa shape index (κ1) is 18.0. The smallest absolute Gasteiger partial charge is 0.263 e. The number of rotatable bonds is 3. The van der Waals surface area contributed by atoms with E-state index in [-0.39, 0.29) is 0 Å². The molecule has 0 aromatic heterocycles.